The fourth-order valence-corrected chi connectivity index (χ4v) is 3.66. The first-order chi connectivity index (χ1) is 12.5. The average molecular weight is 359 g/mol. The van der Waals surface area contributed by atoms with Crippen LogP contribution in [0.5, 0.6) is 0 Å². The monoisotopic (exact) mass is 359 g/mol. The maximum absolute atomic E-state index is 11.7. The molecule has 8 heteroatoms. The molecule has 0 aromatic carbocycles. The lowest BCUT2D eigenvalue weighted by molar-refractivity contribution is -0.120. The summed E-state index contributed by atoms with van der Waals surface area (Å²) in [7, 11) is 0. The molecule has 0 aliphatic heterocycles. The molecule has 0 unspecified atom stereocenters. The molecule has 26 heavy (non-hydrogen) atoms. The normalized spacial score (nSPS) is 16.8. The van der Waals surface area contributed by atoms with Gasteiger partial charge in [0.1, 0.15) is 25.0 Å². The van der Waals surface area contributed by atoms with Crippen molar-refractivity contribution in [1.29, 1.82) is 0 Å². The Balaban J connectivity index is 1.87. The van der Waals surface area contributed by atoms with Gasteiger partial charge in [0.25, 0.3) is 0 Å². The van der Waals surface area contributed by atoms with E-state index in [-0.39, 0.29) is 17.9 Å². The van der Waals surface area contributed by atoms with Crippen LogP contribution in [0.3, 0.4) is 0 Å². The van der Waals surface area contributed by atoms with E-state index >= 15 is 0 Å². The predicted octanol–water partition coefficient (Wildman–Crippen LogP) is 2.33. The Morgan fingerprint density at radius 2 is 2.08 bits per heavy atom. The van der Waals surface area contributed by atoms with Gasteiger partial charge in [-0.2, -0.15) is 10.2 Å². The van der Waals surface area contributed by atoms with Crippen molar-refractivity contribution < 1.29 is 4.79 Å². The first-order valence-electron chi connectivity index (χ1n) is 9.56. The lowest BCUT2D eigenvalue weighted by Gasteiger charge is -2.25. The second-order valence-corrected chi connectivity index (χ2v) is 7.59. The van der Waals surface area contributed by atoms with Crippen LogP contribution in [-0.4, -0.2) is 35.4 Å². The molecule has 2 aromatic rings. The highest BCUT2D eigenvalue weighted by atomic mass is 16.1. The van der Waals surface area contributed by atoms with E-state index in [0.29, 0.717) is 18.3 Å². The van der Waals surface area contributed by atoms with Crippen LogP contribution in [0.4, 0.5) is 0 Å². The first-order valence-corrected chi connectivity index (χ1v) is 9.56. The highest BCUT2D eigenvalue weighted by molar-refractivity contribution is 5.73. The van der Waals surface area contributed by atoms with E-state index in [0.717, 1.165) is 12.4 Å². The van der Waals surface area contributed by atoms with E-state index in [2.05, 4.69) is 29.2 Å². The number of amides is 1. The van der Waals surface area contributed by atoms with Gasteiger partial charge in [-0.05, 0) is 24.7 Å². The minimum atomic E-state index is -0.145. The number of carbonyl (C=O) groups is 1. The minimum absolute atomic E-state index is 0.0475. The van der Waals surface area contributed by atoms with E-state index in [4.69, 9.17) is 10.1 Å². The van der Waals surface area contributed by atoms with Crippen molar-refractivity contribution in [2.45, 2.75) is 72.0 Å². The van der Waals surface area contributed by atoms with Crippen molar-refractivity contribution in [3.05, 3.63) is 24.3 Å². The zero-order chi connectivity index (χ0) is 18.5. The van der Waals surface area contributed by atoms with Gasteiger partial charge in [-0.1, -0.05) is 33.1 Å². The molecule has 2 aromatic heterocycles. The maximum atomic E-state index is 11.7. The van der Waals surface area contributed by atoms with Gasteiger partial charge in [0.05, 0.1) is 6.04 Å². The van der Waals surface area contributed by atoms with Gasteiger partial charge in [-0.25, -0.2) is 19.3 Å². The second-order valence-electron chi connectivity index (χ2n) is 7.59. The smallest absolute Gasteiger partial charge is 0.217 e. The Morgan fingerprint density at radius 1 is 1.31 bits per heavy atom. The number of rotatable bonds is 7. The summed E-state index contributed by atoms with van der Waals surface area (Å²) in [5.41, 5.74) is 0. The summed E-state index contributed by atoms with van der Waals surface area (Å²) in [6.45, 7) is 7.08. The molecule has 1 fully saturated rings. The fraction of sp³-hybridized carbons (Fsp3) is 0.722. The number of hydrogen-bond acceptors (Lipinski definition) is 5. The third-order valence-electron chi connectivity index (χ3n) is 4.97. The molecule has 142 valence electrons. The number of carbonyl (C=O) groups excluding carboxylic acids is 1. The first kappa shape index (κ1) is 18.5. The van der Waals surface area contributed by atoms with Crippen LogP contribution < -0.4 is 5.32 Å². The van der Waals surface area contributed by atoms with E-state index < -0.39 is 0 Å². The van der Waals surface area contributed by atoms with Gasteiger partial charge in [0.15, 0.2) is 5.82 Å². The Hall–Kier alpha value is -2.25. The van der Waals surface area contributed by atoms with Crippen LogP contribution >= 0.6 is 0 Å². The lowest BCUT2D eigenvalue weighted by atomic mass is 9.89. The number of nitrogens with zero attached hydrogens (tertiary/aromatic N) is 6. The summed E-state index contributed by atoms with van der Waals surface area (Å²) >= 11 is 0. The number of aromatic nitrogens is 6. The maximum Gasteiger partial charge on any atom is 0.217 e. The Kier molecular flexibility index (Phi) is 6.00. The van der Waals surface area contributed by atoms with Gasteiger partial charge in [-0.3, -0.25) is 4.79 Å². The van der Waals surface area contributed by atoms with Crippen molar-refractivity contribution in [2.75, 3.05) is 0 Å². The van der Waals surface area contributed by atoms with Crippen molar-refractivity contribution in [2.24, 2.45) is 11.8 Å². The Labute approximate surface area is 154 Å². The van der Waals surface area contributed by atoms with Crippen LogP contribution in [0, 0.1) is 11.8 Å². The largest absolute Gasteiger partial charge is 0.346 e. The number of hydrogen-bond donors (Lipinski definition) is 1. The van der Waals surface area contributed by atoms with Crippen molar-refractivity contribution in [3.63, 3.8) is 0 Å². The molecular formula is C18H29N7O. The second kappa shape index (κ2) is 8.42. The molecule has 3 rings (SSSR count). The Bertz CT molecular complexity index is 701. The molecule has 8 nitrogen and oxygen atoms in total. The summed E-state index contributed by atoms with van der Waals surface area (Å²) < 4.78 is 3.73. The summed E-state index contributed by atoms with van der Waals surface area (Å²) in [4.78, 5) is 20.5. The quantitative estimate of drug-likeness (QED) is 0.819. The van der Waals surface area contributed by atoms with Crippen molar-refractivity contribution in [1.82, 2.24) is 34.8 Å². The highest BCUT2D eigenvalue weighted by Crippen LogP contribution is 2.27. The molecule has 0 saturated heterocycles. The van der Waals surface area contributed by atoms with Crippen molar-refractivity contribution >= 4 is 5.91 Å². The standard InChI is InChI=1S/C18H29N7O/c1-13(2)17(21-14(3)26)18-22-16(10-24-12-19-11-20-24)23-25(18)9-15-7-5-4-6-8-15/h11-13,15,17H,4-10H2,1-3H3,(H,21,26)/t17-/m0/s1. The van der Waals surface area contributed by atoms with E-state index in [9.17, 15) is 4.79 Å². The molecule has 1 atom stereocenters. The molecule has 1 aliphatic carbocycles. The van der Waals surface area contributed by atoms with Crippen LogP contribution in [0.2, 0.25) is 0 Å². The molecule has 0 spiro atoms. The molecule has 0 bridgehead atoms. The fourth-order valence-electron chi connectivity index (χ4n) is 3.66. The molecule has 1 aliphatic rings. The van der Waals surface area contributed by atoms with Gasteiger partial charge < -0.3 is 5.32 Å². The van der Waals surface area contributed by atoms with E-state index in [1.807, 2.05) is 4.68 Å². The Morgan fingerprint density at radius 3 is 2.69 bits per heavy atom. The van der Waals surface area contributed by atoms with Gasteiger partial charge in [0, 0.05) is 13.5 Å². The summed E-state index contributed by atoms with van der Waals surface area (Å²) in [6, 6.07) is -0.145. The molecule has 0 radical (unpaired) electrons. The van der Waals surface area contributed by atoms with Gasteiger partial charge in [-0.15, -0.1) is 0 Å². The van der Waals surface area contributed by atoms with Crippen LogP contribution in [-0.2, 0) is 17.9 Å². The topological polar surface area (TPSA) is 90.5 Å². The predicted molar refractivity (Wildman–Crippen MR) is 97.1 cm³/mol. The zero-order valence-corrected chi connectivity index (χ0v) is 15.9. The van der Waals surface area contributed by atoms with E-state index in [1.54, 1.807) is 17.9 Å². The summed E-state index contributed by atoms with van der Waals surface area (Å²) in [5.74, 6) is 2.36. The third-order valence-corrected chi connectivity index (χ3v) is 4.97. The van der Waals surface area contributed by atoms with Crippen LogP contribution in [0.1, 0.15) is 70.6 Å². The molecule has 1 N–H and O–H groups in total. The highest BCUT2D eigenvalue weighted by Gasteiger charge is 2.26. The number of nitrogens with one attached hydrogen (secondary N) is 1. The van der Waals surface area contributed by atoms with E-state index in [1.165, 1.54) is 38.4 Å². The zero-order valence-electron chi connectivity index (χ0n) is 15.9. The van der Waals surface area contributed by atoms with Crippen molar-refractivity contribution in [3.8, 4) is 0 Å². The lowest BCUT2D eigenvalue weighted by Crippen LogP contribution is -2.33. The molecule has 1 amide bonds. The average Bonchev–Trinajstić information content (AvgIpc) is 3.24. The molecule has 2 heterocycles. The van der Waals surface area contributed by atoms with Gasteiger partial charge >= 0.3 is 0 Å². The third kappa shape index (κ3) is 4.68. The van der Waals surface area contributed by atoms with Gasteiger partial charge in [0.2, 0.25) is 5.91 Å². The molecule has 1 saturated carbocycles. The summed E-state index contributed by atoms with van der Waals surface area (Å²) in [6.07, 6.45) is 9.57. The van der Waals surface area contributed by atoms with Crippen LogP contribution in [0.15, 0.2) is 12.7 Å². The summed E-state index contributed by atoms with van der Waals surface area (Å²) in [5, 5.41) is 11.9. The SMILES string of the molecule is CC(=O)N[C@H](c1nc(Cn2cncn2)nn1CC1CCCCC1)C(C)C. The van der Waals surface area contributed by atoms with Crippen LogP contribution in [0.25, 0.3) is 0 Å². The molecular weight excluding hydrogens is 330 g/mol. The minimum Gasteiger partial charge on any atom is -0.346 e.